The number of alkyl halides is 2. The van der Waals surface area contributed by atoms with Gasteiger partial charge in [0.25, 0.3) is 0 Å². The van der Waals surface area contributed by atoms with Crippen molar-refractivity contribution in [2.75, 3.05) is 11.0 Å². The van der Waals surface area contributed by atoms with Crippen molar-refractivity contribution in [1.82, 2.24) is 9.55 Å². The number of halogens is 3. The third kappa shape index (κ3) is 2.39. The first-order valence-corrected chi connectivity index (χ1v) is 6.89. The molecule has 0 spiro atoms. The highest BCUT2D eigenvalue weighted by Crippen LogP contribution is 2.39. The van der Waals surface area contributed by atoms with Gasteiger partial charge in [0, 0.05) is 16.7 Å². The standard InChI is InChI=1S/C10H11F2IN2O4/c11-5-1-2-15(9(18)14-5)8-6(12)7(17)10(3-13,4-16)19-8/h1-2,6-8,16-17H,3-4H2/t6-,7-,8+,10+/m0/s1. The van der Waals surface area contributed by atoms with Gasteiger partial charge in [-0.25, -0.2) is 9.18 Å². The minimum Gasteiger partial charge on any atom is -0.393 e. The molecular formula is C10H11F2IN2O4. The van der Waals surface area contributed by atoms with E-state index in [1.165, 1.54) is 0 Å². The quantitative estimate of drug-likeness (QED) is 0.425. The number of hydrogen-bond donors (Lipinski definition) is 2. The Morgan fingerprint density at radius 3 is 2.79 bits per heavy atom. The predicted octanol–water partition coefficient (Wildman–Crippen LogP) is -0.224. The minimum atomic E-state index is -1.92. The zero-order valence-electron chi connectivity index (χ0n) is 9.54. The lowest BCUT2D eigenvalue weighted by Gasteiger charge is -2.27. The molecule has 9 heteroatoms. The molecule has 2 heterocycles. The van der Waals surface area contributed by atoms with Gasteiger partial charge in [-0.2, -0.15) is 9.37 Å². The van der Waals surface area contributed by atoms with Gasteiger partial charge in [0.15, 0.2) is 12.4 Å². The average molecular weight is 388 g/mol. The van der Waals surface area contributed by atoms with Crippen molar-refractivity contribution in [2.24, 2.45) is 0 Å². The highest BCUT2D eigenvalue weighted by molar-refractivity contribution is 14.1. The van der Waals surface area contributed by atoms with Crippen molar-refractivity contribution in [2.45, 2.75) is 24.1 Å². The number of rotatable bonds is 3. The Balaban J connectivity index is 2.39. The number of aliphatic hydroxyl groups excluding tert-OH is 2. The molecule has 1 aromatic rings. The van der Waals surface area contributed by atoms with E-state index in [1.807, 2.05) is 22.6 Å². The molecule has 19 heavy (non-hydrogen) atoms. The molecule has 0 aromatic carbocycles. The van der Waals surface area contributed by atoms with Crippen molar-refractivity contribution in [3.63, 3.8) is 0 Å². The van der Waals surface area contributed by atoms with Crippen LogP contribution in [0.4, 0.5) is 8.78 Å². The highest BCUT2D eigenvalue weighted by Gasteiger charge is 2.55. The molecule has 6 nitrogen and oxygen atoms in total. The first-order chi connectivity index (χ1) is 8.95. The van der Waals surface area contributed by atoms with Gasteiger partial charge >= 0.3 is 5.69 Å². The molecule has 4 atom stereocenters. The third-order valence-electron chi connectivity index (χ3n) is 3.03. The highest BCUT2D eigenvalue weighted by atomic mass is 127. The van der Waals surface area contributed by atoms with Gasteiger partial charge < -0.3 is 14.9 Å². The van der Waals surface area contributed by atoms with Gasteiger partial charge in [0.1, 0.15) is 11.7 Å². The Morgan fingerprint density at radius 2 is 2.32 bits per heavy atom. The average Bonchev–Trinajstić information content (AvgIpc) is 2.64. The van der Waals surface area contributed by atoms with Crippen molar-refractivity contribution in [3.05, 3.63) is 28.7 Å². The summed E-state index contributed by atoms with van der Waals surface area (Å²) in [5.74, 6) is -0.988. The maximum atomic E-state index is 14.0. The van der Waals surface area contributed by atoms with Crippen LogP contribution in [0.1, 0.15) is 6.23 Å². The first-order valence-electron chi connectivity index (χ1n) is 5.36. The molecular weight excluding hydrogens is 377 g/mol. The maximum absolute atomic E-state index is 14.0. The summed E-state index contributed by atoms with van der Waals surface area (Å²) in [6, 6.07) is 0.882. The van der Waals surface area contributed by atoms with Gasteiger partial charge in [0.05, 0.1) is 6.61 Å². The van der Waals surface area contributed by atoms with Crippen molar-refractivity contribution in [1.29, 1.82) is 0 Å². The molecule has 0 unspecified atom stereocenters. The Labute approximate surface area is 120 Å². The van der Waals surface area contributed by atoms with Crippen LogP contribution in [-0.2, 0) is 4.74 Å². The van der Waals surface area contributed by atoms with Crippen LogP contribution in [0, 0.1) is 5.95 Å². The fraction of sp³-hybridized carbons (Fsp3) is 0.600. The molecule has 0 amide bonds. The lowest BCUT2D eigenvalue weighted by molar-refractivity contribution is -0.112. The second kappa shape index (κ2) is 5.38. The largest absolute Gasteiger partial charge is 0.393 e. The minimum absolute atomic E-state index is 0.128. The summed E-state index contributed by atoms with van der Waals surface area (Å²) in [4.78, 5) is 14.5. The molecule has 106 valence electrons. The monoisotopic (exact) mass is 388 g/mol. The van der Waals surface area contributed by atoms with E-state index in [9.17, 15) is 23.8 Å². The Kier molecular flexibility index (Phi) is 4.18. The molecule has 1 aliphatic heterocycles. The lowest BCUT2D eigenvalue weighted by atomic mass is 9.99. The Bertz CT molecular complexity index is 522. The van der Waals surface area contributed by atoms with Gasteiger partial charge in [-0.1, -0.05) is 22.6 Å². The maximum Gasteiger partial charge on any atom is 0.352 e. The second-order valence-corrected chi connectivity index (χ2v) is 4.96. The summed E-state index contributed by atoms with van der Waals surface area (Å²) in [5, 5.41) is 19.1. The summed E-state index contributed by atoms with van der Waals surface area (Å²) in [5.41, 5.74) is -2.51. The molecule has 2 rings (SSSR count). The van der Waals surface area contributed by atoms with Crippen molar-refractivity contribution in [3.8, 4) is 0 Å². The molecule has 0 aliphatic carbocycles. The lowest BCUT2D eigenvalue weighted by Crippen LogP contribution is -2.47. The zero-order valence-corrected chi connectivity index (χ0v) is 11.7. The van der Waals surface area contributed by atoms with Gasteiger partial charge in [-0.3, -0.25) is 4.57 Å². The van der Waals surface area contributed by atoms with E-state index in [0.29, 0.717) is 0 Å². The number of aromatic nitrogens is 2. The summed E-state index contributed by atoms with van der Waals surface area (Å²) in [6.45, 7) is -0.600. The first kappa shape index (κ1) is 14.8. The molecule has 0 radical (unpaired) electrons. The number of aliphatic hydroxyl groups is 2. The van der Waals surface area contributed by atoms with Gasteiger partial charge in [-0.05, 0) is 0 Å². The molecule has 0 saturated carbocycles. The van der Waals surface area contributed by atoms with E-state index in [2.05, 4.69) is 4.98 Å². The Morgan fingerprint density at radius 1 is 1.63 bits per heavy atom. The van der Waals surface area contributed by atoms with Crippen LogP contribution in [0.2, 0.25) is 0 Å². The smallest absolute Gasteiger partial charge is 0.352 e. The van der Waals surface area contributed by atoms with Crippen LogP contribution in [0.25, 0.3) is 0 Å². The van der Waals surface area contributed by atoms with Crippen LogP contribution in [0.3, 0.4) is 0 Å². The topological polar surface area (TPSA) is 84.6 Å². The van der Waals surface area contributed by atoms with Crippen molar-refractivity contribution < 1.29 is 23.7 Å². The van der Waals surface area contributed by atoms with Crippen LogP contribution in [0.15, 0.2) is 17.1 Å². The van der Waals surface area contributed by atoms with E-state index in [-0.39, 0.29) is 4.43 Å². The normalized spacial score (nSPS) is 34.7. The van der Waals surface area contributed by atoms with Gasteiger partial charge in [0.2, 0.25) is 5.95 Å². The second-order valence-electron chi connectivity index (χ2n) is 4.19. The molecule has 1 fully saturated rings. The van der Waals surface area contributed by atoms with E-state index in [1.54, 1.807) is 0 Å². The molecule has 1 saturated heterocycles. The van der Waals surface area contributed by atoms with E-state index in [4.69, 9.17) is 4.74 Å². The molecule has 2 N–H and O–H groups in total. The number of hydrogen-bond acceptors (Lipinski definition) is 5. The summed E-state index contributed by atoms with van der Waals surface area (Å²) in [6.07, 6.45) is -3.96. The summed E-state index contributed by atoms with van der Waals surface area (Å²) >= 11 is 1.84. The van der Waals surface area contributed by atoms with Crippen LogP contribution in [-0.4, -0.2) is 48.7 Å². The SMILES string of the molecule is O=c1nc(F)ccn1[C@@H]1O[C@@](CO)(CI)[C@@H](O)[C@@H]1F. The molecule has 1 aromatic heterocycles. The predicted molar refractivity (Wildman–Crippen MR) is 68.2 cm³/mol. The molecule has 1 aliphatic rings. The fourth-order valence-corrected chi connectivity index (χ4v) is 2.77. The Hall–Kier alpha value is -0.650. The van der Waals surface area contributed by atoms with Crippen LogP contribution < -0.4 is 5.69 Å². The fourth-order valence-electron chi connectivity index (χ4n) is 1.90. The van der Waals surface area contributed by atoms with Crippen LogP contribution >= 0.6 is 22.6 Å². The molecule has 0 bridgehead atoms. The van der Waals surface area contributed by atoms with E-state index < -0.39 is 42.3 Å². The summed E-state index contributed by atoms with van der Waals surface area (Å²) < 4.78 is 33.0. The van der Waals surface area contributed by atoms with E-state index in [0.717, 1.165) is 16.8 Å². The van der Waals surface area contributed by atoms with Crippen molar-refractivity contribution >= 4 is 22.6 Å². The third-order valence-corrected chi connectivity index (χ3v) is 4.32. The summed E-state index contributed by atoms with van der Waals surface area (Å²) in [7, 11) is 0. The van der Waals surface area contributed by atoms with Crippen LogP contribution in [0.5, 0.6) is 0 Å². The van der Waals surface area contributed by atoms with E-state index >= 15 is 0 Å². The zero-order chi connectivity index (χ0) is 14.2. The number of ether oxygens (including phenoxy) is 1. The van der Waals surface area contributed by atoms with Gasteiger partial charge in [-0.15, -0.1) is 0 Å². The number of nitrogens with zero attached hydrogens (tertiary/aromatic N) is 2.